The molecule has 1 heteroatoms. The van der Waals surface area contributed by atoms with Gasteiger partial charge in [-0.15, -0.1) is 0 Å². The Kier molecular flexibility index (Phi) is 2.01. The first-order chi connectivity index (χ1) is 7.31. The van der Waals surface area contributed by atoms with E-state index in [0.717, 1.165) is 17.6 Å². The molecule has 0 heterocycles. The molecule has 1 nitrogen and oxygen atoms in total. The number of fused-ring (bicyclic) bond motifs is 2. The fourth-order valence-corrected chi connectivity index (χ4v) is 3.54. The predicted octanol–water partition coefficient (Wildman–Crippen LogP) is 3.76. The smallest absolute Gasteiger partial charge is 0.122 e. The lowest BCUT2D eigenvalue weighted by Gasteiger charge is -2.40. The number of hydrogen-bond acceptors (Lipinski definition) is 1. The number of methoxy groups -OCH3 is 1. The average Bonchev–Trinajstić information content (AvgIpc) is 2.31. The lowest BCUT2D eigenvalue weighted by atomic mass is 9.65. The lowest BCUT2D eigenvalue weighted by molar-refractivity contribution is 0.334. The highest BCUT2D eigenvalue weighted by atomic mass is 16.5. The van der Waals surface area contributed by atoms with Crippen molar-refractivity contribution in [3.63, 3.8) is 0 Å². The molecule has 0 radical (unpaired) electrons. The molecule has 0 spiro atoms. The van der Waals surface area contributed by atoms with Crippen molar-refractivity contribution >= 4 is 0 Å². The van der Waals surface area contributed by atoms with Crippen molar-refractivity contribution < 1.29 is 4.74 Å². The Bertz CT molecular complexity index is 387. The van der Waals surface area contributed by atoms with Crippen molar-refractivity contribution in [2.24, 2.45) is 0 Å². The zero-order valence-corrected chi connectivity index (χ0v) is 9.55. The van der Waals surface area contributed by atoms with E-state index in [9.17, 15) is 0 Å². The molecule has 2 bridgehead atoms. The molecule has 0 N–H and O–H groups in total. The summed E-state index contributed by atoms with van der Waals surface area (Å²) < 4.78 is 5.52. The van der Waals surface area contributed by atoms with Crippen molar-refractivity contribution in [2.45, 2.75) is 44.4 Å². The molecule has 3 aliphatic rings. The van der Waals surface area contributed by atoms with Crippen LogP contribution in [0.25, 0.3) is 0 Å². The minimum absolute atomic E-state index is 0.778. The normalized spacial score (nSPS) is 27.6. The van der Waals surface area contributed by atoms with Gasteiger partial charge < -0.3 is 4.74 Å². The molecule has 1 saturated carbocycles. The van der Waals surface area contributed by atoms with Crippen LogP contribution in [-0.2, 0) is 0 Å². The molecule has 0 atom stereocenters. The first-order valence-electron chi connectivity index (χ1n) is 5.98. The van der Waals surface area contributed by atoms with E-state index in [0.29, 0.717) is 0 Å². The number of hydrogen-bond donors (Lipinski definition) is 0. The molecule has 0 unspecified atom stereocenters. The molecular weight excluding hydrogens is 184 g/mol. The van der Waals surface area contributed by atoms with Gasteiger partial charge in [-0.05, 0) is 61.6 Å². The summed E-state index contributed by atoms with van der Waals surface area (Å²) in [5.41, 5.74) is 4.64. The summed E-state index contributed by atoms with van der Waals surface area (Å²) in [6, 6.07) is 4.37. The second kappa shape index (κ2) is 3.26. The van der Waals surface area contributed by atoms with E-state index in [-0.39, 0.29) is 0 Å². The van der Waals surface area contributed by atoms with Crippen molar-refractivity contribution in [1.29, 1.82) is 0 Å². The van der Waals surface area contributed by atoms with Crippen LogP contribution in [0.3, 0.4) is 0 Å². The fourth-order valence-electron chi connectivity index (χ4n) is 3.54. The second-order valence-corrected chi connectivity index (χ2v) is 4.96. The second-order valence-electron chi connectivity index (χ2n) is 4.96. The summed E-state index contributed by atoms with van der Waals surface area (Å²) >= 11 is 0. The minimum atomic E-state index is 0.778. The van der Waals surface area contributed by atoms with E-state index in [4.69, 9.17) is 4.74 Å². The summed E-state index contributed by atoms with van der Waals surface area (Å²) in [7, 11) is 1.80. The Morgan fingerprint density at radius 2 is 1.60 bits per heavy atom. The van der Waals surface area contributed by atoms with E-state index in [1.807, 2.05) is 0 Å². The van der Waals surface area contributed by atoms with Crippen LogP contribution < -0.4 is 4.74 Å². The zero-order chi connectivity index (χ0) is 10.4. The van der Waals surface area contributed by atoms with Gasteiger partial charge in [0.25, 0.3) is 0 Å². The summed E-state index contributed by atoms with van der Waals surface area (Å²) in [5, 5.41) is 0. The minimum Gasteiger partial charge on any atom is -0.496 e. The standard InChI is InChI=1S/C14H18O/c1-9-3-8-12(15-2)14-11-6-4-10(5-7-11)13(9)14/h3,8,10-11H,4-7H2,1-2H3. The van der Waals surface area contributed by atoms with Gasteiger partial charge in [0.1, 0.15) is 5.75 Å². The molecule has 3 aliphatic carbocycles. The van der Waals surface area contributed by atoms with E-state index in [2.05, 4.69) is 19.1 Å². The van der Waals surface area contributed by atoms with E-state index in [1.54, 1.807) is 18.2 Å². The molecule has 0 aromatic heterocycles. The number of benzene rings is 1. The van der Waals surface area contributed by atoms with Gasteiger partial charge in [0.15, 0.2) is 0 Å². The number of aryl methyl sites for hydroxylation is 1. The highest BCUT2D eigenvalue weighted by molar-refractivity contribution is 5.51. The third-order valence-electron chi connectivity index (χ3n) is 4.23. The van der Waals surface area contributed by atoms with Gasteiger partial charge in [-0.2, -0.15) is 0 Å². The van der Waals surface area contributed by atoms with Crippen LogP contribution in [0.2, 0.25) is 0 Å². The average molecular weight is 202 g/mol. The molecule has 80 valence electrons. The van der Waals surface area contributed by atoms with Gasteiger partial charge in [0.05, 0.1) is 7.11 Å². The lowest BCUT2D eigenvalue weighted by Crippen LogP contribution is -2.23. The van der Waals surface area contributed by atoms with Gasteiger partial charge in [-0.1, -0.05) is 6.07 Å². The molecule has 0 saturated heterocycles. The SMILES string of the molecule is COc1ccc(C)c2c1C1CCC2CC1. The molecule has 0 amide bonds. The number of ether oxygens (including phenoxy) is 1. The maximum absolute atomic E-state index is 5.52. The third kappa shape index (κ3) is 1.22. The molecule has 4 rings (SSSR count). The highest BCUT2D eigenvalue weighted by Gasteiger charge is 2.35. The van der Waals surface area contributed by atoms with Gasteiger partial charge in [-0.3, -0.25) is 0 Å². The molecule has 0 aliphatic heterocycles. The molecule has 1 aromatic rings. The van der Waals surface area contributed by atoms with Gasteiger partial charge in [0.2, 0.25) is 0 Å². The van der Waals surface area contributed by atoms with E-state index >= 15 is 0 Å². The maximum atomic E-state index is 5.52. The van der Waals surface area contributed by atoms with Crippen LogP contribution in [-0.4, -0.2) is 7.11 Å². The Morgan fingerprint density at radius 3 is 2.20 bits per heavy atom. The Hall–Kier alpha value is -0.980. The monoisotopic (exact) mass is 202 g/mol. The third-order valence-corrected chi connectivity index (χ3v) is 4.23. The van der Waals surface area contributed by atoms with Crippen molar-refractivity contribution in [3.8, 4) is 5.75 Å². The van der Waals surface area contributed by atoms with Crippen LogP contribution in [0, 0.1) is 6.92 Å². The number of rotatable bonds is 1. The van der Waals surface area contributed by atoms with Crippen LogP contribution in [0.4, 0.5) is 0 Å². The first-order valence-corrected chi connectivity index (χ1v) is 5.98. The van der Waals surface area contributed by atoms with Gasteiger partial charge >= 0.3 is 0 Å². The molecule has 15 heavy (non-hydrogen) atoms. The van der Waals surface area contributed by atoms with Crippen LogP contribution >= 0.6 is 0 Å². The largest absolute Gasteiger partial charge is 0.496 e. The molecule has 1 aromatic carbocycles. The summed E-state index contributed by atoms with van der Waals surface area (Å²) in [6.45, 7) is 2.25. The highest BCUT2D eigenvalue weighted by Crippen LogP contribution is 2.53. The Balaban J connectivity index is 2.24. The van der Waals surface area contributed by atoms with E-state index < -0.39 is 0 Å². The maximum Gasteiger partial charge on any atom is 0.122 e. The zero-order valence-electron chi connectivity index (χ0n) is 9.55. The van der Waals surface area contributed by atoms with Crippen LogP contribution in [0.15, 0.2) is 12.1 Å². The quantitative estimate of drug-likeness (QED) is 0.673. The van der Waals surface area contributed by atoms with Gasteiger partial charge in [-0.25, -0.2) is 0 Å². The molecule has 1 fully saturated rings. The summed E-state index contributed by atoms with van der Waals surface area (Å²) in [5.74, 6) is 2.73. The Morgan fingerprint density at radius 1 is 1.00 bits per heavy atom. The molecular formula is C14H18O. The fraction of sp³-hybridized carbons (Fsp3) is 0.571. The summed E-state index contributed by atoms with van der Waals surface area (Å²) in [6.07, 6.45) is 5.53. The first kappa shape index (κ1) is 9.26. The van der Waals surface area contributed by atoms with Crippen molar-refractivity contribution in [2.75, 3.05) is 7.11 Å². The van der Waals surface area contributed by atoms with Crippen molar-refractivity contribution in [3.05, 3.63) is 28.8 Å². The Labute approximate surface area is 91.5 Å². The topological polar surface area (TPSA) is 9.23 Å². The van der Waals surface area contributed by atoms with Crippen LogP contribution in [0.5, 0.6) is 5.75 Å². The van der Waals surface area contributed by atoms with E-state index in [1.165, 1.54) is 31.2 Å². The summed E-state index contributed by atoms with van der Waals surface area (Å²) in [4.78, 5) is 0. The van der Waals surface area contributed by atoms with Crippen LogP contribution in [0.1, 0.15) is 54.2 Å². The van der Waals surface area contributed by atoms with Crippen molar-refractivity contribution in [1.82, 2.24) is 0 Å². The predicted molar refractivity (Wildman–Crippen MR) is 61.7 cm³/mol. The van der Waals surface area contributed by atoms with Gasteiger partial charge in [0, 0.05) is 5.56 Å².